The number of hydrogen-bond donors (Lipinski definition) is 0. The van der Waals surface area contributed by atoms with Gasteiger partial charge in [0, 0.05) is 56.7 Å². The van der Waals surface area contributed by atoms with Crippen LogP contribution in [-0.4, -0.2) is 58.7 Å². The molecule has 0 unspecified atom stereocenters. The molecule has 0 N–H and O–H groups in total. The molecule has 7 nitrogen and oxygen atoms in total. The van der Waals surface area contributed by atoms with Gasteiger partial charge in [0.2, 0.25) is 5.88 Å². The van der Waals surface area contributed by atoms with Crippen molar-refractivity contribution in [2.75, 3.05) is 33.3 Å². The Bertz CT molecular complexity index is 1150. The predicted octanol–water partition coefficient (Wildman–Crippen LogP) is 3.12. The summed E-state index contributed by atoms with van der Waals surface area (Å²) >= 11 is 0. The Labute approximate surface area is 182 Å². The Kier molecular flexibility index (Phi) is 5.32. The number of furan rings is 1. The summed E-state index contributed by atoms with van der Waals surface area (Å²) < 4.78 is 13.8. The number of piperazine rings is 1. The molecule has 164 valence electrons. The molecule has 1 atom stereocenters. The second-order valence-corrected chi connectivity index (χ2v) is 9.13. The molecule has 1 saturated carbocycles. The third kappa shape index (κ3) is 4.25. The van der Waals surface area contributed by atoms with Crippen molar-refractivity contribution in [2.45, 2.75) is 32.4 Å². The lowest BCUT2D eigenvalue weighted by Gasteiger charge is -2.37. The molecule has 1 aliphatic heterocycles. The number of fused-ring (bicyclic) bond motifs is 1. The Morgan fingerprint density at radius 2 is 2.06 bits per heavy atom. The van der Waals surface area contributed by atoms with Gasteiger partial charge in [-0.05, 0) is 50.4 Å². The third-order valence-corrected chi connectivity index (χ3v) is 6.44. The van der Waals surface area contributed by atoms with Gasteiger partial charge < -0.3 is 18.6 Å². The normalized spacial score (nSPS) is 20.4. The summed E-state index contributed by atoms with van der Waals surface area (Å²) in [6, 6.07) is 6.23. The highest BCUT2D eigenvalue weighted by molar-refractivity contribution is 5.92. The first-order valence-corrected chi connectivity index (χ1v) is 11.1. The fourth-order valence-electron chi connectivity index (χ4n) is 4.34. The summed E-state index contributed by atoms with van der Waals surface area (Å²) in [6.07, 6.45) is 6.07. The van der Waals surface area contributed by atoms with Crippen molar-refractivity contribution in [1.82, 2.24) is 19.4 Å². The van der Waals surface area contributed by atoms with Crippen LogP contribution < -0.4 is 10.3 Å². The van der Waals surface area contributed by atoms with E-state index in [1.807, 2.05) is 24.4 Å². The Morgan fingerprint density at radius 1 is 1.23 bits per heavy atom. The van der Waals surface area contributed by atoms with Crippen molar-refractivity contribution in [2.24, 2.45) is 13.0 Å². The van der Waals surface area contributed by atoms with Crippen LogP contribution >= 0.6 is 0 Å². The number of aryl methyl sites for hydroxylation is 1. The van der Waals surface area contributed by atoms with Gasteiger partial charge in [0.15, 0.2) is 0 Å². The maximum absolute atomic E-state index is 12.8. The lowest BCUT2D eigenvalue weighted by Crippen LogP contribution is -2.49. The number of likely N-dealkylation sites (N-methyl/N-ethyl adjacent to an activating group) is 1. The van der Waals surface area contributed by atoms with Crippen LogP contribution in [0.3, 0.4) is 0 Å². The maximum atomic E-state index is 12.8. The second-order valence-electron chi connectivity index (χ2n) is 9.13. The van der Waals surface area contributed by atoms with E-state index in [-0.39, 0.29) is 5.56 Å². The molecular weight excluding hydrogens is 392 g/mol. The highest BCUT2D eigenvalue weighted by Crippen LogP contribution is 2.32. The molecule has 4 heterocycles. The van der Waals surface area contributed by atoms with Gasteiger partial charge in [0.05, 0.1) is 18.5 Å². The van der Waals surface area contributed by atoms with Crippen LogP contribution in [0, 0.1) is 5.92 Å². The van der Waals surface area contributed by atoms with E-state index in [0.29, 0.717) is 42.0 Å². The van der Waals surface area contributed by atoms with Gasteiger partial charge in [-0.1, -0.05) is 0 Å². The smallest absolute Gasteiger partial charge is 0.261 e. The Hall–Kier alpha value is -2.64. The van der Waals surface area contributed by atoms with E-state index in [2.05, 4.69) is 28.8 Å². The molecule has 0 spiro atoms. The summed E-state index contributed by atoms with van der Waals surface area (Å²) in [6.45, 7) is 6.73. The van der Waals surface area contributed by atoms with Gasteiger partial charge in [0.1, 0.15) is 11.3 Å². The monoisotopic (exact) mass is 422 g/mol. The quantitative estimate of drug-likeness (QED) is 0.608. The molecule has 0 amide bonds. The zero-order valence-corrected chi connectivity index (χ0v) is 18.5. The van der Waals surface area contributed by atoms with E-state index >= 15 is 0 Å². The van der Waals surface area contributed by atoms with Crippen LogP contribution in [0.5, 0.6) is 5.88 Å². The van der Waals surface area contributed by atoms with E-state index in [0.717, 1.165) is 36.5 Å². The van der Waals surface area contributed by atoms with Gasteiger partial charge >= 0.3 is 0 Å². The largest absolute Gasteiger partial charge is 0.477 e. The molecular formula is C24H30N4O3. The number of rotatable bonds is 6. The summed E-state index contributed by atoms with van der Waals surface area (Å²) in [7, 11) is 3.94. The molecule has 0 aromatic carbocycles. The maximum Gasteiger partial charge on any atom is 0.261 e. The van der Waals surface area contributed by atoms with Gasteiger partial charge in [0.25, 0.3) is 5.56 Å². The van der Waals surface area contributed by atoms with Crippen LogP contribution in [0.2, 0.25) is 0 Å². The van der Waals surface area contributed by atoms with Crippen LogP contribution in [0.1, 0.15) is 25.5 Å². The van der Waals surface area contributed by atoms with Crippen molar-refractivity contribution in [1.29, 1.82) is 0 Å². The minimum Gasteiger partial charge on any atom is -0.477 e. The fourth-order valence-corrected chi connectivity index (χ4v) is 4.34. The van der Waals surface area contributed by atoms with E-state index in [9.17, 15) is 4.79 Å². The first-order valence-electron chi connectivity index (χ1n) is 11.1. The molecule has 1 saturated heterocycles. The number of ether oxygens (including phenoxy) is 1. The molecule has 3 aromatic rings. The van der Waals surface area contributed by atoms with Crippen LogP contribution in [0.4, 0.5) is 0 Å². The Balaban J connectivity index is 1.48. The number of aromatic nitrogens is 2. The van der Waals surface area contributed by atoms with Crippen LogP contribution in [0.15, 0.2) is 39.8 Å². The fraction of sp³-hybridized carbons (Fsp3) is 0.500. The number of hydrogen-bond acceptors (Lipinski definition) is 6. The van der Waals surface area contributed by atoms with Crippen molar-refractivity contribution >= 4 is 11.0 Å². The van der Waals surface area contributed by atoms with Gasteiger partial charge in [-0.25, -0.2) is 4.98 Å². The number of nitrogens with zero attached hydrogens (tertiary/aromatic N) is 4. The van der Waals surface area contributed by atoms with Crippen molar-refractivity contribution in [3.05, 3.63) is 46.7 Å². The summed E-state index contributed by atoms with van der Waals surface area (Å²) in [4.78, 5) is 21.9. The van der Waals surface area contributed by atoms with Gasteiger partial charge in [-0.3, -0.25) is 9.69 Å². The van der Waals surface area contributed by atoms with E-state index < -0.39 is 0 Å². The average molecular weight is 423 g/mol. The first-order chi connectivity index (χ1) is 15.0. The third-order valence-electron chi connectivity index (χ3n) is 6.44. The van der Waals surface area contributed by atoms with Crippen LogP contribution in [0.25, 0.3) is 22.1 Å². The predicted molar refractivity (Wildman–Crippen MR) is 120 cm³/mol. The first kappa shape index (κ1) is 20.3. The minimum atomic E-state index is -0.0422. The average Bonchev–Trinajstić information content (AvgIpc) is 3.49. The lowest BCUT2D eigenvalue weighted by molar-refractivity contribution is 0.0880. The molecule has 3 aromatic heterocycles. The molecule has 1 aliphatic carbocycles. The van der Waals surface area contributed by atoms with Gasteiger partial charge in [-0.15, -0.1) is 0 Å². The summed E-state index contributed by atoms with van der Waals surface area (Å²) in [5.74, 6) is 2.11. The molecule has 7 heteroatoms. The van der Waals surface area contributed by atoms with E-state index in [1.54, 1.807) is 17.8 Å². The molecule has 2 fully saturated rings. The van der Waals surface area contributed by atoms with Crippen molar-refractivity contribution < 1.29 is 9.15 Å². The SMILES string of the molecule is C[C@@H]1CN(C)CCN1Cc1cc2c(=O)n(C)cc(-c3ccnc(OCC4CC4)c3)c2o1. The lowest BCUT2D eigenvalue weighted by atomic mass is 10.1. The standard InChI is InChI=1S/C24H30N4O3/c1-16-12-26(2)8-9-28(16)13-19-11-20-23(31-19)21(14-27(3)24(20)29)18-6-7-25-22(10-18)30-15-17-4-5-17/h6-7,10-11,14,16-17H,4-5,8-9,12-13,15H2,1-3H3/t16-/m1/s1. The van der Waals surface area contributed by atoms with E-state index in [4.69, 9.17) is 9.15 Å². The number of pyridine rings is 2. The van der Waals surface area contributed by atoms with Gasteiger partial charge in [-0.2, -0.15) is 0 Å². The second kappa shape index (κ2) is 8.13. The highest BCUT2D eigenvalue weighted by atomic mass is 16.5. The van der Waals surface area contributed by atoms with Crippen molar-refractivity contribution in [3.63, 3.8) is 0 Å². The topological polar surface area (TPSA) is 63.7 Å². The van der Waals surface area contributed by atoms with E-state index in [1.165, 1.54) is 12.8 Å². The summed E-state index contributed by atoms with van der Waals surface area (Å²) in [5, 5.41) is 0.619. The molecule has 0 radical (unpaired) electrons. The zero-order valence-electron chi connectivity index (χ0n) is 18.5. The summed E-state index contributed by atoms with van der Waals surface area (Å²) in [5.41, 5.74) is 2.42. The van der Waals surface area contributed by atoms with Crippen molar-refractivity contribution in [3.8, 4) is 17.0 Å². The zero-order chi connectivity index (χ0) is 21.5. The van der Waals surface area contributed by atoms with Crippen LogP contribution in [-0.2, 0) is 13.6 Å². The Morgan fingerprint density at radius 3 is 2.84 bits per heavy atom. The molecule has 5 rings (SSSR count). The molecule has 31 heavy (non-hydrogen) atoms. The highest BCUT2D eigenvalue weighted by Gasteiger charge is 2.24. The minimum absolute atomic E-state index is 0.0422. The molecule has 2 aliphatic rings. The molecule has 0 bridgehead atoms.